The Morgan fingerprint density at radius 3 is 2.78 bits per heavy atom. The van der Waals surface area contributed by atoms with Gasteiger partial charge in [0.15, 0.2) is 0 Å². The lowest BCUT2D eigenvalue weighted by Gasteiger charge is -2.38. The SMILES string of the molecule is CNC[C@H](CN1CCCC1=O)NC(=O)N1CCC[C@@H]([C@@H](OCCNC(=O)OC)c2cccc(Cl)c2)C1. The number of nitrogens with zero attached hydrogens (tertiary/aromatic N) is 2. The van der Waals surface area contributed by atoms with Crippen molar-refractivity contribution < 1.29 is 23.9 Å². The molecule has 36 heavy (non-hydrogen) atoms. The number of alkyl carbamates (subject to hydrolysis) is 1. The molecule has 10 nitrogen and oxygen atoms in total. The Balaban J connectivity index is 1.63. The molecule has 200 valence electrons. The summed E-state index contributed by atoms with van der Waals surface area (Å²) in [5.74, 6) is 0.204. The molecule has 0 saturated carbocycles. The van der Waals surface area contributed by atoms with Crippen LogP contribution >= 0.6 is 11.6 Å². The second-order valence-electron chi connectivity index (χ2n) is 9.26. The van der Waals surface area contributed by atoms with Gasteiger partial charge in [-0.05, 0) is 44.0 Å². The summed E-state index contributed by atoms with van der Waals surface area (Å²) in [5.41, 5.74) is 0.938. The molecule has 0 bridgehead atoms. The number of urea groups is 1. The van der Waals surface area contributed by atoms with Crippen LogP contribution in [0.1, 0.15) is 37.4 Å². The normalized spacial score (nSPS) is 19.6. The average molecular weight is 524 g/mol. The number of likely N-dealkylation sites (N-methyl/N-ethyl adjacent to an activating group) is 1. The van der Waals surface area contributed by atoms with Crippen molar-refractivity contribution in [1.82, 2.24) is 25.8 Å². The zero-order valence-electron chi connectivity index (χ0n) is 21.1. The molecule has 2 saturated heterocycles. The van der Waals surface area contributed by atoms with Crippen molar-refractivity contribution in [3.63, 3.8) is 0 Å². The van der Waals surface area contributed by atoms with Crippen LogP contribution in [-0.4, -0.2) is 93.9 Å². The Hall–Kier alpha value is -2.56. The molecular formula is C25H38ClN5O5. The molecule has 0 radical (unpaired) electrons. The summed E-state index contributed by atoms with van der Waals surface area (Å²) in [7, 11) is 3.15. The Kier molecular flexibility index (Phi) is 11.1. The smallest absolute Gasteiger partial charge is 0.406 e. The van der Waals surface area contributed by atoms with E-state index in [4.69, 9.17) is 16.3 Å². The summed E-state index contributed by atoms with van der Waals surface area (Å²) in [6, 6.07) is 7.25. The van der Waals surface area contributed by atoms with Crippen molar-refractivity contribution >= 4 is 29.6 Å². The first-order chi connectivity index (χ1) is 17.4. The highest BCUT2D eigenvalue weighted by atomic mass is 35.5. The van der Waals surface area contributed by atoms with E-state index in [9.17, 15) is 14.4 Å². The molecule has 2 aliphatic heterocycles. The zero-order valence-corrected chi connectivity index (χ0v) is 21.9. The van der Waals surface area contributed by atoms with Crippen molar-refractivity contribution in [3.05, 3.63) is 34.9 Å². The van der Waals surface area contributed by atoms with Crippen molar-refractivity contribution in [1.29, 1.82) is 0 Å². The lowest BCUT2D eigenvalue weighted by molar-refractivity contribution is -0.127. The summed E-state index contributed by atoms with van der Waals surface area (Å²) < 4.78 is 10.8. The summed E-state index contributed by atoms with van der Waals surface area (Å²) >= 11 is 6.26. The van der Waals surface area contributed by atoms with Gasteiger partial charge in [-0.15, -0.1) is 0 Å². The van der Waals surface area contributed by atoms with Gasteiger partial charge in [-0.25, -0.2) is 9.59 Å². The van der Waals surface area contributed by atoms with Crippen molar-refractivity contribution in [3.8, 4) is 0 Å². The molecule has 11 heteroatoms. The fourth-order valence-electron chi connectivity index (χ4n) is 4.88. The standard InChI is InChI=1S/C25H38ClN5O5/c1-27-15-21(17-30-11-5-9-22(30)32)29-24(33)31-12-4-7-19(16-31)23(18-6-3-8-20(26)14-18)36-13-10-28-25(34)35-2/h3,6,8,14,19,21,23,27H,4-5,7,9-13,15-17H2,1-2H3,(H,28,34)(H,29,33)/t19-,21-,23+/m1/s1. The molecule has 0 spiro atoms. The summed E-state index contributed by atoms with van der Waals surface area (Å²) in [5, 5.41) is 9.48. The van der Waals surface area contributed by atoms with Crippen LogP contribution in [0.3, 0.4) is 0 Å². The fourth-order valence-corrected chi connectivity index (χ4v) is 5.08. The highest BCUT2D eigenvalue weighted by Crippen LogP contribution is 2.34. The molecule has 1 aromatic rings. The lowest BCUT2D eigenvalue weighted by Crippen LogP contribution is -2.54. The zero-order chi connectivity index (χ0) is 25.9. The van der Waals surface area contributed by atoms with Crippen LogP contribution in [0.4, 0.5) is 9.59 Å². The van der Waals surface area contributed by atoms with Gasteiger partial charge in [0, 0.05) is 56.6 Å². The Morgan fingerprint density at radius 2 is 2.08 bits per heavy atom. The van der Waals surface area contributed by atoms with Gasteiger partial charge in [-0.1, -0.05) is 23.7 Å². The first kappa shape index (κ1) is 28.0. The van der Waals surface area contributed by atoms with Crippen molar-refractivity contribution in [2.24, 2.45) is 5.92 Å². The van der Waals surface area contributed by atoms with E-state index in [1.165, 1.54) is 7.11 Å². The molecular weight excluding hydrogens is 486 g/mol. The van der Waals surface area contributed by atoms with E-state index in [2.05, 4.69) is 20.7 Å². The molecule has 3 atom stereocenters. The van der Waals surface area contributed by atoms with Crippen LogP contribution in [0.15, 0.2) is 24.3 Å². The quantitative estimate of drug-likeness (QED) is 0.384. The topological polar surface area (TPSA) is 112 Å². The molecule has 3 rings (SSSR count). The minimum absolute atomic E-state index is 0.0593. The van der Waals surface area contributed by atoms with Gasteiger partial charge in [0.25, 0.3) is 0 Å². The predicted octanol–water partition coefficient (Wildman–Crippen LogP) is 2.39. The van der Waals surface area contributed by atoms with Gasteiger partial charge in [0.2, 0.25) is 5.91 Å². The number of halogens is 1. The summed E-state index contributed by atoms with van der Waals surface area (Å²) in [6.45, 7) is 3.61. The van der Waals surface area contributed by atoms with E-state index >= 15 is 0 Å². The van der Waals surface area contributed by atoms with Gasteiger partial charge in [-0.2, -0.15) is 0 Å². The second-order valence-corrected chi connectivity index (χ2v) is 9.70. The Morgan fingerprint density at radius 1 is 1.25 bits per heavy atom. The minimum Gasteiger partial charge on any atom is -0.453 e. The molecule has 2 aliphatic rings. The molecule has 0 aromatic heterocycles. The van der Waals surface area contributed by atoms with Crippen LogP contribution < -0.4 is 16.0 Å². The number of benzene rings is 1. The minimum atomic E-state index is -0.509. The molecule has 3 N–H and O–H groups in total. The Labute approximate surface area is 218 Å². The van der Waals surface area contributed by atoms with E-state index in [-0.39, 0.29) is 30.0 Å². The van der Waals surface area contributed by atoms with Crippen molar-refractivity contribution in [2.45, 2.75) is 37.8 Å². The van der Waals surface area contributed by atoms with Gasteiger partial charge in [-0.3, -0.25) is 4.79 Å². The molecule has 0 aliphatic carbocycles. The number of methoxy groups -OCH3 is 1. The van der Waals surface area contributed by atoms with Crippen LogP contribution in [0.2, 0.25) is 5.02 Å². The van der Waals surface area contributed by atoms with Gasteiger partial charge >= 0.3 is 12.1 Å². The molecule has 4 amide bonds. The average Bonchev–Trinajstić information content (AvgIpc) is 3.28. The number of hydrogen-bond donors (Lipinski definition) is 3. The predicted molar refractivity (Wildman–Crippen MR) is 137 cm³/mol. The molecule has 0 unspecified atom stereocenters. The first-order valence-corrected chi connectivity index (χ1v) is 13.0. The third kappa shape index (κ3) is 8.25. The number of ether oxygens (including phenoxy) is 2. The van der Waals surface area contributed by atoms with E-state index in [1.807, 2.05) is 41.1 Å². The van der Waals surface area contributed by atoms with Crippen LogP contribution in [0.5, 0.6) is 0 Å². The highest BCUT2D eigenvalue weighted by Gasteiger charge is 2.32. The summed E-state index contributed by atoms with van der Waals surface area (Å²) in [6.07, 6.45) is 2.40. The number of carbonyl (C=O) groups is 3. The van der Waals surface area contributed by atoms with E-state index < -0.39 is 6.09 Å². The third-order valence-electron chi connectivity index (χ3n) is 6.59. The largest absolute Gasteiger partial charge is 0.453 e. The maximum Gasteiger partial charge on any atom is 0.406 e. The maximum absolute atomic E-state index is 13.2. The third-order valence-corrected chi connectivity index (χ3v) is 6.83. The number of nitrogens with one attached hydrogen (secondary N) is 3. The van der Waals surface area contributed by atoms with Crippen molar-refractivity contribution in [2.75, 3.05) is 60.0 Å². The van der Waals surface area contributed by atoms with E-state index in [1.54, 1.807) is 0 Å². The van der Waals surface area contributed by atoms with Gasteiger partial charge in [0.05, 0.1) is 25.9 Å². The van der Waals surface area contributed by atoms with E-state index in [0.717, 1.165) is 31.4 Å². The number of hydrogen-bond acceptors (Lipinski definition) is 6. The highest BCUT2D eigenvalue weighted by molar-refractivity contribution is 6.30. The number of likely N-dealkylation sites (tertiary alicyclic amines) is 2. The van der Waals surface area contributed by atoms with Gasteiger partial charge < -0.3 is 35.2 Å². The number of rotatable bonds is 11. The van der Waals surface area contributed by atoms with Crippen LogP contribution in [-0.2, 0) is 14.3 Å². The molecule has 1 aromatic carbocycles. The number of piperidine rings is 1. The number of amides is 4. The molecule has 2 heterocycles. The second kappa shape index (κ2) is 14.2. The maximum atomic E-state index is 13.2. The lowest BCUT2D eigenvalue weighted by atomic mass is 9.88. The van der Waals surface area contributed by atoms with Gasteiger partial charge in [0.1, 0.15) is 0 Å². The Bertz CT molecular complexity index is 888. The molecule has 2 fully saturated rings. The van der Waals surface area contributed by atoms with E-state index in [0.29, 0.717) is 50.8 Å². The number of carbonyl (C=O) groups excluding carboxylic acids is 3. The fraction of sp³-hybridized carbons (Fsp3) is 0.640. The monoisotopic (exact) mass is 523 g/mol. The van der Waals surface area contributed by atoms with Crippen LogP contribution in [0.25, 0.3) is 0 Å². The first-order valence-electron chi connectivity index (χ1n) is 12.6. The van der Waals surface area contributed by atoms with Crippen LogP contribution in [0, 0.1) is 5.92 Å². The summed E-state index contributed by atoms with van der Waals surface area (Å²) in [4.78, 5) is 40.3.